The van der Waals surface area contributed by atoms with Crippen LogP contribution in [0, 0.1) is 31.1 Å². The number of hydrogen-bond donors (Lipinski definition) is 1. The summed E-state index contributed by atoms with van der Waals surface area (Å²) in [6.07, 6.45) is 1.58. The molecule has 134 valence electrons. The number of benzene rings is 2. The molecular weight excluding hydrogens is 324 g/mol. The number of hydrogen-bond acceptors (Lipinski definition) is 3. The number of rotatable bonds is 6. The summed E-state index contributed by atoms with van der Waals surface area (Å²) >= 11 is 0. The van der Waals surface area contributed by atoms with Crippen molar-refractivity contribution in [1.82, 2.24) is 0 Å². The smallest absolute Gasteiger partial charge is 0.266 e. The Bertz CT molecular complexity index is 843. The predicted molar refractivity (Wildman–Crippen MR) is 105 cm³/mol. The second-order valence-corrected chi connectivity index (χ2v) is 6.72. The zero-order valence-electron chi connectivity index (χ0n) is 15.7. The van der Waals surface area contributed by atoms with Crippen LogP contribution in [0.5, 0.6) is 5.75 Å². The Labute approximate surface area is 155 Å². The van der Waals surface area contributed by atoms with Gasteiger partial charge in [-0.25, -0.2) is 0 Å². The number of carbonyl (C=O) groups excluding carboxylic acids is 1. The minimum absolute atomic E-state index is 0.0572. The Morgan fingerprint density at radius 2 is 1.88 bits per heavy atom. The van der Waals surface area contributed by atoms with Gasteiger partial charge in [-0.05, 0) is 60.7 Å². The minimum Gasteiger partial charge on any atom is -0.493 e. The molecule has 0 spiro atoms. The van der Waals surface area contributed by atoms with Gasteiger partial charge in [-0.2, -0.15) is 5.26 Å². The number of nitrogens with one attached hydrogen (secondary N) is 1. The van der Waals surface area contributed by atoms with Gasteiger partial charge in [0.1, 0.15) is 17.4 Å². The fourth-order valence-electron chi connectivity index (χ4n) is 2.30. The molecule has 26 heavy (non-hydrogen) atoms. The summed E-state index contributed by atoms with van der Waals surface area (Å²) in [6.45, 7) is 8.70. The van der Waals surface area contributed by atoms with E-state index in [-0.39, 0.29) is 5.57 Å². The molecule has 0 unspecified atom stereocenters. The largest absolute Gasteiger partial charge is 0.493 e. The van der Waals surface area contributed by atoms with Crippen LogP contribution >= 0.6 is 0 Å². The van der Waals surface area contributed by atoms with Crippen molar-refractivity contribution in [3.8, 4) is 11.8 Å². The van der Waals surface area contributed by atoms with E-state index in [1.807, 2.05) is 62.4 Å². The summed E-state index contributed by atoms with van der Waals surface area (Å²) in [5, 5.41) is 12.2. The molecule has 0 saturated carbocycles. The van der Waals surface area contributed by atoms with E-state index in [1.165, 1.54) is 0 Å². The Morgan fingerprint density at radius 3 is 2.50 bits per heavy atom. The van der Waals surface area contributed by atoms with Crippen LogP contribution in [0.3, 0.4) is 0 Å². The molecular formula is C22H24N2O2. The topological polar surface area (TPSA) is 62.1 Å². The van der Waals surface area contributed by atoms with Crippen molar-refractivity contribution in [2.45, 2.75) is 27.7 Å². The third-order valence-electron chi connectivity index (χ3n) is 3.78. The van der Waals surface area contributed by atoms with Gasteiger partial charge in [0, 0.05) is 5.69 Å². The zero-order chi connectivity index (χ0) is 19.1. The molecule has 1 N–H and O–H groups in total. The summed E-state index contributed by atoms with van der Waals surface area (Å²) in [4.78, 5) is 12.4. The van der Waals surface area contributed by atoms with Crippen molar-refractivity contribution in [2.24, 2.45) is 5.92 Å². The molecule has 0 aliphatic heterocycles. The Hall–Kier alpha value is -3.06. The molecule has 0 radical (unpaired) electrons. The average molecular weight is 348 g/mol. The SMILES string of the molecule is Cc1ccc(C)c(NC(=O)/C(C#N)=C/c2ccc(OCC(C)C)cc2)c1. The molecule has 1 amide bonds. The molecule has 0 aliphatic carbocycles. The van der Waals surface area contributed by atoms with Crippen molar-refractivity contribution in [3.05, 3.63) is 64.7 Å². The van der Waals surface area contributed by atoms with Gasteiger partial charge in [0.2, 0.25) is 0 Å². The molecule has 4 nitrogen and oxygen atoms in total. The van der Waals surface area contributed by atoms with Crippen molar-refractivity contribution in [1.29, 1.82) is 5.26 Å². The lowest BCUT2D eigenvalue weighted by molar-refractivity contribution is -0.112. The van der Waals surface area contributed by atoms with Gasteiger partial charge in [0.25, 0.3) is 5.91 Å². The first kappa shape index (κ1) is 19.3. The van der Waals surface area contributed by atoms with Crippen LogP contribution in [0.25, 0.3) is 6.08 Å². The molecule has 0 fully saturated rings. The highest BCUT2D eigenvalue weighted by Crippen LogP contribution is 2.19. The van der Waals surface area contributed by atoms with E-state index in [2.05, 4.69) is 19.2 Å². The molecule has 0 aromatic heterocycles. The quantitative estimate of drug-likeness (QED) is 0.597. The lowest BCUT2D eigenvalue weighted by atomic mass is 10.1. The van der Waals surface area contributed by atoms with E-state index in [1.54, 1.807) is 6.08 Å². The Balaban J connectivity index is 2.12. The standard InChI is InChI=1S/C22H24N2O2/c1-15(2)14-26-20-9-7-18(8-10-20)12-19(13-23)22(25)24-21-11-16(3)5-6-17(21)4/h5-12,15H,14H2,1-4H3,(H,24,25)/b19-12+. The number of aryl methyl sites for hydroxylation is 2. The van der Waals surface area contributed by atoms with Gasteiger partial charge >= 0.3 is 0 Å². The summed E-state index contributed by atoms with van der Waals surface area (Å²) < 4.78 is 5.64. The number of ether oxygens (including phenoxy) is 1. The highest BCUT2D eigenvalue weighted by Gasteiger charge is 2.11. The third kappa shape index (κ3) is 5.49. The number of nitriles is 1. The van der Waals surface area contributed by atoms with Crippen LogP contribution in [-0.2, 0) is 4.79 Å². The van der Waals surface area contributed by atoms with E-state index in [0.717, 1.165) is 22.4 Å². The highest BCUT2D eigenvalue weighted by molar-refractivity contribution is 6.10. The first-order valence-electron chi connectivity index (χ1n) is 8.62. The van der Waals surface area contributed by atoms with Crippen LogP contribution in [0.1, 0.15) is 30.5 Å². The lowest BCUT2D eigenvalue weighted by Gasteiger charge is -2.09. The van der Waals surface area contributed by atoms with Crippen molar-refractivity contribution in [3.63, 3.8) is 0 Å². The summed E-state index contributed by atoms with van der Waals surface area (Å²) in [5.41, 5.74) is 3.54. The van der Waals surface area contributed by atoms with Crippen LogP contribution < -0.4 is 10.1 Å². The van der Waals surface area contributed by atoms with Gasteiger partial charge in [-0.1, -0.05) is 38.1 Å². The number of nitrogens with zero attached hydrogens (tertiary/aromatic N) is 1. The normalized spacial score (nSPS) is 11.2. The second-order valence-electron chi connectivity index (χ2n) is 6.72. The van der Waals surface area contributed by atoms with Crippen molar-refractivity contribution in [2.75, 3.05) is 11.9 Å². The van der Waals surface area contributed by atoms with Crippen LogP contribution in [0.4, 0.5) is 5.69 Å². The van der Waals surface area contributed by atoms with E-state index in [4.69, 9.17) is 4.74 Å². The fourth-order valence-corrected chi connectivity index (χ4v) is 2.30. The summed E-state index contributed by atoms with van der Waals surface area (Å²) in [7, 11) is 0. The third-order valence-corrected chi connectivity index (χ3v) is 3.78. The maximum Gasteiger partial charge on any atom is 0.266 e. The van der Waals surface area contributed by atoms with Crippen molar-refractivity contribution >= 4 is 17.7 Å². The van der Waals surface area contributed by atoms with E-state index in [0.29, 0.717) is 18.2 Å². The summed E-state index contributed by atoms with van der Waals surface area (Å²) in [6, 6.07) is 15.1. The van der Waals surface area contributed by atoms with Crippen LogP contribution in [0.15, 0.2) is 48.0 Å². The maximum atomic E-state index is 12.4. The molecule has 2 aromatic rings. The molecule has 0 heterocycles. The van der Waals surface area contributed by atoms with Crippen molar-refractivity contribution < 1.29 is 9.53 Å². The monoisotopic (exact) mass is 348 g/mol. The lowest BCUT2D eigenvalue weighted by Crippen LogP contribution is -2.14. The zero-order valence-corrected chi connectivity index (χ0v) is 15.7. The molecule has 4 heteroatoms. The van der Waals surface area contributed by atoms with E-state index < -0.39 is 5.91 Å². The average Bonchev–Trinajstić information content (AvgIpc) is 2.61. The number of anilines is 1. The van der Waals surface area contributed by atoms with Gasteiger partial charge in [0.05, 0.1) is 6.61 Å². The van der Waals surface area contributed by atoms with Gasteiger partial charge < -0.3 is 10.1 Å². The van der Waals surface area contributed by atoms with Crippen LogP contribution in [0.2, 0.25) is 0 Å². The second kappa shape index (κ2) is 8.87. The Morgan fingerprint density at radius 1 is 1.19 bits per heavy atom. The molecule has 2 aromatic carbocycles. The Kier molecular flexibility index (Phi) is 6.57. The minimum atomic E-state index is -0.415. The first-order chi connectivity index (χ1) is 12.4. The van der Waals surface area contributed by atoms with E-state index in [9.17, 15) is 10.1 Å². The number of amides is 1. The molecule has 0 bridgehead atoms. The summed E-state index contributed by atoms with van der Waals surface area (Å²) in [5.74, 6) is 0.809. The van der Waals surface area contributed by atoms with Gasteiger partial charge in [0.15, 0.2) is 0 Å². The molecule has 0 aliphatic rings. The predicted octanol–water partition coefficient (Wildman–Crippen LogP) is 4.88. The molecule has 0 atom stereocenters. The fraction of sp³-hybridized carbons (Fsp3) is 0.273. The number of carbonyl (C=O) groups is 1. The molecule has 0 saturated heterocycles. The first-order valence-corrected chi connectivity index (χ1v) is 8.62. The maximum absolute atomic E-state index is 12.4. The molecule has 2 rings (SSSR count). The van der Waals surface area contributed by atoms with Gasteiger partial charge in [-0.3, -0.25) is 4.79 Å². The highest BCUT2D eigenvalue weighted by atomic mass is 16.5. The van der Waals surface area contributed by atoms with Crippen LogP contribution in [-0.4, -0.2) is 12.5 Å². The van der Waals surface area contributed by atoms with E-state index >= 15 is 0 Å². The van der Waals surface area contributed by atoms with Gasteiger partial charge in [-0.15, -0.1) is 0 Å².